The molecule has 0 radical (unpaired) electrons. The number of nitrogens with zero attached hydrogens (tertiary/aromatic N) is 1. The molecule has 0 saturated carbocycles. The molecule has 1 aliphatic heterocycles. The highest BCUT2D eigenvalue weighted by Gasteiger charge is 2.40. The summed E-state index contributed by atoms with van der Waals surface area (Å²) in [4.78, 5) is 29.1. The van der Waals surface area contributed by atoms with E-state index in [2.05, 4.69) is 12.2 Å². The number of nitrogens with one attached hydrogen (secondary N) is 1. The molecule has 1 N–H and O–H groups in total. The highest BCUT2D eigenvalue weighted by Crippen LogP contribution is 2.38. The van der Waals surface area contributed by atoms with E-state index >= 15 is 0 Å². The van der Waals surface area contributed by atoms with Crippen molar-refractivity contribution in [1.29, 1.82) is 0 Å². The predicted molar refractivity (Wildman–Crippen MR) is 129 cm³/mol. The molecule has 0 fully saturated rings. The molecule has 0 spiro atoms. The standard InChI is InChI=1S/C25H21ClN2O3S/c1-3-16-4-8-18(9-5-16)27-22-23(32-21-14-6-17(26)7-15-21)25(30)28(24(22)29)19-10-12-20(31-2)13-11-19/h4-15,27H,3H2,1-2H3. The van der Waals surface area contributed by atoms with Crippen molar-refractivity contribution in [3.05, 3.63) is 94.0 Å². The molecule has 0 unspecified atom stereocenters. The molecule has 1 heterocycles. The molecular weight excluding hydrogens is 444 g/mol. The fourth-order valence-corrected chi connectivity index (χ4v) is 4.32. The molecule has 162 valence electrons. The topological polar surface area (TPSA) is 58.6 Å². The number of amides is 2. The Morgan fingerprint density at radius 2 is 1.56 bits per heavy atom. The van der Waals surface area contributed by atoms with Crippen molar-refractivity contribution in [3.8, 4) is 5.75 Å². The van der Waals surface area contributed by atoms with Crippen LogP contribution >= 0.6 is 23.4 Å². The van der Waals surface area contributed by atoms with E-state index in [1.54, 1.807) is 43.5 Å². The number of benzene rings is 3. The van der Waals surface area contributed by atoms with Crippen molar-refractivity contribution in [2.75, 3.05) is 17.3 Å². The van der Waals surface area contributed by atoms with Gasteiger partial charge in [-0.2, -0.15) is 0 Å². The van der Waals surface area contributed by atoms with Crippen LogP contribution in [0.25, 0.3) is 0 Å². The summed E-state index contributed by atoms with van der Waals surface area (Å²) in [6.45, 7) is 2.08. The molecule has 3 aromatic carbocycles. The molecule has 5 nitrogen and oxygen atoms in total. The first-order chi connectivity index (χ1) is 15.5. The van der Waals surface area contributed by atoms with E-state index in [4.69, 9.17) is 16.3 Å². The van der Waals surface area contributed by atoms with Gasteiger partial charge in [-0.1, -0.05) is 42.4 Å². The summed E-state index contributed by atoms with van der Waals surface area (Å²) < 4.78 is 5.19. The molecule has 7 heteroatoms. The average Bonchev–Trinajstić information content (AvgIpc) is 3.05. The van der Waals surface area contributed by atoms with Gasteiger partial charge in [-0.25, -0.2) is 4.90 Å². The largest absolute Gasteiger partial charge is 0.497 e. The number of anilines is 2. The van der Waals surface area contributed by atoms with Crippen LogP contribution in [-0.2, 0) is 16.0 Å². The van der Waals surface area contributed by atoms with Crippen molar-refractivity contribution in [3.63, 3.8) is 0 Å². The number of methoxy groups -OCH3 is 1. The number of aryl methyl sites for hydroxylation is 1. The second-order valence-electron chi connectivity index (χ2n) is 7.08. The first-order valence-electron chi connectivity index (χ1n) is 10.1. The van der Waals surface area contributed by atoms with Crippen molar-refractivity contribution >= 4 is 46.6 Å². The number of imide groups is 1. The Morgan fingerprint density at radius 3 is 2.16 bits per heavy atom. The first-order valence-corrected chi connectivity index (χ1v) is 11.3. The van der Waals surface area contributed by atoms with E-state index < -0.39 is 5.91 Å². The van der Waals surface area contributed by atoms with Crippen LogP contribution in [0.1, 0.15) is 12.5 Å². The summed E-state index contributed by atoms with van der Waals surface area (Å²) in [5, 5.41) is 3.78. The Bertz CT molecular complexity index is 1170. The number of rotatable bonds is 7. The van der Waals surface area contributed by atoms with Gasteiger partial charge >= 0.3 is 0 Å². The summed E-state index contributed by atoms with van der Waals surface area (Å²) in [5.74, 6) is -0.144. The van der Waals surface area contributed by atoms with Gasteiger partial charge in [0.25, 0.3) is 11.8 Å². The lowest BCUT2D eigenvalue weighted by molar-refractivity contribution is -0.120. The normalized spacial score (nSPS) is 13.7. The highest BCUT2D eigenvalue weighted by molar-refractivity contribution is 8.04. The molecule has 0 atom stereocenters. The fourth-order valence-electron chi connectivity index (χ4n) is 3.27. The molecule has 3 aromatic rings. The van der Waals surface area contributed by atoms with Crippen LogP contribution in [0.2, 0.25) is 5.02 Å². The Labute approximate surface area is 196 Å². The lowest BCUT2D eigenvalue weighted by Crippen LogP contribution is -2.32. The molecule has 32 heavy (non-hydrogen) atoms. The maximum absolute atomic E-state index is 13.4. The SMILES string of the molecule is CCc1ccc(NC2=C(Sc3ccc(Cl)cc3)C(=O)N(c3ccc(OC)cc3)C2=O)cc1. The van der Waals surface area contributed by atoms with Gasteiger partial charge in [-0.05, 0) is 72.6 Å². The Kier molecular flexibility index (Phi) is 6.53. The van der Waals surface area contributed by atoms with E-state index in [1.165, 1.54) is 22.2 Å². The van der Waals surface area contributed by atoms with Gasteiger partial charge in [0.1, 0.15) is 16.4 Å². The highest BCUT2D eigenvalue weighted by atomic mass is 35.5. The third kappa shape index (κ3) is 4.52. The Balaban J connectivity index is 1.70. The van der Waals surface area contributed by atoms with Crippen LogP contribution in [0.5, 0.6) is 5.75 Å². The van der Waals surface area contributed by atoms with Crippen LogP contribution in [-0.4, -0.2) is 18.9 Å². The van der Waals surface area contributed by atoms with Crippen LogP contribution in [0, 0.1) is 0 Å². The summed E-state index contributed by atoms with van der Waals surface area (Å²) in [6, 6.07) is 21.8. The van der Waals surface area contributed by atoms with Crippen molar-refractivity contribution in [2.45, 2.75) is 18.2 Å². The predicted octanol–water partition coefficient (Wildman–Crippen LogP) is 5.90. The van der Waals surface area contributed by atoms with Crippen LogP contribution in [0.3, 0.4) is 0 Å². The average molecular weight is 465 g/mol. The van der Waals surface area contributed by atoms with Gasteiger partial charge in [-0.15, -0.1) is 0 Å². The summed E-state index contributed by atoms with van der Waals surface area (Å²) in [6.07, 6.45) is 0.920. The zero-order valence-electron chi connectivity index (χ0n) is 17.6. The van der Waals surface area contributed by atoms with E-state index in [9.17, 15) is 9.59 Å². The monoisotopic (exact) mass is 464 g/mol. The lowest BCUT2D eigenvalue weighted by Gasteiger charge is -2.15. The Morgan fingerprint density at radius 1 is 0.906 bits per heavy atom. The summed E-state index contributed by atoms with van der Waals surface area (Å²) in [5.41, 5.74) is 2.65. The minimum atomic E-state index is -0.406. The number of ether oxygens (including phenoxy) is 1. The van der Waals surface area contributed by atoms with Crippen molar-refractivity contribution < 1.29 is 14.3 Å². The van der Waals surface area contributed by atoms with E-state index in [-0.39, 0.29) is 11.6 Å². The van der Waals surface area contributed by atoms with Gasteiger partial charge in [0.15, 0.2) is 0 Å². The third-order valence-corrected chi connectivity index (χ3v) is 6.38. The number of carbonyl (C=O) groups excluding carboxylic acids is 2. The molecule has 4 rings (SSSR count). The van der Waals surface area contributed by atoms with Gasteiger partial charge < -0.3 is 10.1 Å². The lowest BCUT2D eigenvalue weighted by atomic mass is 10.1. The van der Waals surface area contributed by atoms with Crippen molar-refractivity contribution in [2.24, 2.45) is 0 Å². The molecule has 0 aromatic heterocycles. The quantitative estimate of drug-likeness (QED) is 0.441. The zero-order valence-corrected chi connectivity index (χ0v) is 19.2. The van der Waals surface area contributed by atoms with Crippen LogP contribution in [0.4, 0.5) is 11.4 Å². The zero-order chi connectivity index (χ0) is 22.7. The molecule has 0 aliphatic carbocycles. The number of hydrogen-bond donors (Lipinski definition) is 1. The van der Waals surface area contributed by atoms with Crippen LogP contribution in [0.15, 0.2) is 88.3 Å². The minimum absolute atomic E-state index is 0.245. The van der Waals surface area contributed by atoms with E-state index in [0.717, 1.165) is 17.0 Å². The maximum Gasteiger partial charge on any atom is 0.283 e. The molecule has 2 amide bonds. The minimum Gasteiger partial charge on any atom is -0.497 e. The van der Waals surface area contributed by atoms with Crippen LogP contribution < -0.4 is 15.0 Å². The van der Waals surface area contributed by atoms with Gasteiger partial charge in [0.2, 0.25) is 0 Å². The molecular formula is C25H21ClN2O3S. The third-order valence-electron chi connectivity index (χ3n) is 5.04. The first kappa shape index (κ1) is 22.0. The smallest absolute Gasteiger partial charge is 0.283 e. The number of thioether (sulfide) groups is 1. The van der Waals surface area contributed by atoms with Gasteiger partial charge in [0.05, 0.1) is 12.8 Å². The molecule has 0 saturated heterocycles. The second kappa shape index (κ2) is 9.51. The fraction of sp³-hybridized carbons (Fsp3) is 0.120. The number of hydrogen-bond acceptors (Lipinski definition) is 5. The molecule has 1 aliphatic rings. The second-order valence-corrected chi connectivity index (χ2v) is 8.60. The van der Waals surface area contributed by atoms with Gasteiger partial charge in [-0.3, -0.25) is 9.59 Å². The van der Waals surface area contributed by atoms with E-state index in [0.29, 0.717) is 21.4 Å². The Hall–Kier alpha value is -3.22. The van der Waals surface area contributed by atoms with E-state index in [1.807, 2.05) is 36.4 Å². The summed E-state index contributed by atoms with van der Waals surface area (Å²) in [7, 11) is 1.56. The van der Waals surface area contributed by atoms with Crippen molar-refractivity contribution in [1.82, 2.24) is 0 Å². The van der Waals surface area contributed by atoms with Gasteiger partial charge in [0, 0.05) is 15.6 Å². The maximum atomic E-state index is 13.4. The summed E-state index contributed by atoms with van der Waals surface area (Å²) >= 11 is 7.23. The number of halogens is 1. The number of carbonyl (C=O) groups is 2. The molecule has 0 bridgehead atoms.